The first kappa shape index (κ1) is 27.9. The van der Waals surface area contributed by atoms with Crippen LogP contribution in [0, 0.1) is 5.92 Å². The third kappa shape index (κ3) is 7.04. The maximum absolute atomic E-state index is 13.8. The average Bonchev–Trinajstić information content (AvgIpc) is 3.27. The van der Waals surface area contributed by atoms with Crippen LogP contribution in [-0.2, 0) is 32.7 Å². The van der Waals surface area contributed by atoms with E-state index in [9.17, 15) is 9.59 Å². The summed E-state index contributed by atoms with van der Waals surface area (Å²) in [4.78, 5) is 34.0. The summed E-state index contributed by atoms with van der Waals surface area (Å²) in [7, 11) is 1.67. The molecule has 6 heteroatoms. The largest absolute Gasteiger partial charge is 0.385 e. The second-order valence-corrected chi connectivity index (χ2v) is 11.6. The Morgan fingerprint density at radius 2 is 1.74 bits per heavy atom. The molecule has 6 nitrogen and oxygen atoms in total. The Hall–Kier alpha value is -3.12. The predicted molar refractivity (Wildman–Crippen MR) is 153 cm³/mol. The van der Waals surface area contributed by atoms with E-state index in [2.05, 4.69) is 62.2 Å². The van der Waals surface area contributed by atoms with Gasteiger partial charge >= 0.3 is 0 Å². The molecule has 0 radical (unpaired) electrons. The Balaban J connectivity index is 1.51. The van der Waals surface area contributed by atoms with Crippen LogP contribution in [0.4, 0.5) is 0 Å². The van der Waals surface area contributed by atoms with E-state index in [0.29, 0.717) is 26.2 Å². The van der Waals surface area contributed by atoms with E-state index in [0.717, 1.165) is 43.2 Å². The molecule has 1 aliphatic carbocycles. The first-order valence-corrected chi connectivity index (χ1v) is 14.0. The molecule has 1 aromatic heterocycles. The number of nitrogens with zero attached hydrogens (tertiary/aromatic N) is 2. The summed E-state index contributed by atoms with van der Waals surface area (Å²) < 4.78 is 5.22. The summed E-state index contributed by atoms with van der Waals surface area (Å²) in [6, 6.07) is 16.8. The van der Waals surface area contributed by atoms with Crippen LogP contribution < -0.4 is 0 Å². The number of para-hydroxylation sites is 1. The average molecular weight is 518 g/mol. The number of carbonyl (C=O) groups excluding carboxylic acids is 2. The van der Waals surface area contributed by atoms with Crippen LogP contribution in [0.25, 0.3) is 10.9 Å². The monoisotopic (exact) mass is 517 g/mol. The number of hydrogen-bond donors (Lipinski definition) is 1. The number of aromatic nitrogens is 1. The molecule has 1 heterocycles. The number of carbonyl (C=O) groups is 2. The molecule has 1 aliphatic rings. The van der Waals surface area contributed by atoms with E-state index in [1.807, 2.05) is 23.2 Å². The summed E-state index contributed by atoms with van der Waals surface area (Å²) in [5.41, 5.74) is 4.75. The lowest BCUT2D eigenvalue weighted by molar-refractivity contribution is -0.145. The first-order valence-electron chi connectivity index (χ1n) is 14.0. The van der Waals surface area contributed by atoms with Crippen molar-refractivity contribution in [2.75, 3.05) is 33.4 Å². The van der Waals surface area contributed by atoms with Crippen molar-refractivity contribution in [3.63, 3.8) is 0 Å². The van der Waals surface area contributed by atoms with Gasteiger partial charge < -0.3 is 19.5 Å². The molecule has 0 unspecified atom stereocenters. The zero-order chi connectivity index (χ0) is 27.1. The number of rotatable bonds is 12. The van der Waals surface area contributed by atoms with Crippen molar-refractivity contribution in [2.45, 2.75) is 64.8 Å². The van der Waals surface area contributed by atoms with Crippen molar-refractivity contribution >= 4 is 22.7 Å². The second-order valence-electron chi connectivity index (χ2n) is 11.6. The fraction of sp³-hybridized carbons (Fsp3) is 0.500. The van der Waals surface area contributed by atoms with Crippen LogP contribution in [0.5, 0.6) is 0 Å². The smallest absolute Gasteiger partial charge is 0.242 e. The van der Waals surface area contributed by atoms with Crippen LogP contribution in [0.15, 0.2) is 54.7 Å². The van der Waals surface area contributed by atoms with E-state index in [1.165, 1.54) is 16.5 Å². The van der Waals surface area contributed by atoms with Gasteiger partial charge in [-0.15, -0.1) is 0 Å². The van der Waals surface area contributed by atoms with Crippen LogP contribution in [0.1, 0.15) is 63.1 Å². The Labute approximate surface area is 227 Å². The van der Waals surface area contributed by atoms with Gasteiger partial charge in [-0.25, -0.2) is 0 Å². The Bertz CT molecular complexity index is 1200. The van der Waals surface area contributed by atoms with E-state index in [-0.39, 0.29) is 29.7 Å². The molecule has 0 atom stereocenters. The lowest BCUT2D eigenvalue weighted by Gasteiger charge is -2.33. The third-order valence-corrected chi connectivity index (χ3v) is 7.74. The van der Waals surface area contributed by atoms with Gasteiger partial charge in [0.25, 0.3) is 0 Å². The third-order valence-electron chi connectivity index (χ3n) is 7.74. The minimum absolute atomic E-state index is 0.00479. The molecular weight excluding hydrogens is 474 g/mol. The van der Waals surface area contributed by atoms with Gasteiger partial charge in [0.1, 0.15) is 0 Å². The fourth-order valence-electron chi connectivity index (χ4n) is 5.06. The molecule has 0 bridgehead atoms. The molecule has 0 aliphatic heterocycles. The lowest BCUT2D eigenvalue weighted by atomic mass is 9.84. The SMILES string of the molecule is COCCCN(CC(=O)N(CCc1c[nH]c2ccccc12)Cc1ccc(C(C)(C)C)cc1)C(=O)C1CCC1. The number of benzene rings is 2. The van der Waals surface area contributed by atoms with Gasteiger partial charge in [0.2, 0.25) is 11.8 Å². The Kier molecular flexibility index (Phi) is 9.26. The molecule has 2 amide bonds. The number of methoxy groups -OCH3 is 1. The van der Waals surface area contributed by atoms with Crippen molar-refractivity contribution in [2.24, 2.45) is 5.92 Å². The van der Waals surface area contributed by atoms with Gasteiger partial charge in [-0.3, -0.25) is 9.59 Å². The maximum Gasteiger partial charge on any atom is 0.242 e. The molecule has 2 aromatic carbocycles. The Morgan fingerprint density at radius 3 is 2.39 bits per heavy atom. The molecule has 3 aromatic rings. The normalized spacial score (nSPS) is 13.9. The van der Waals surface area contributed by atoms with Gasteiger partial charge in [-0.2, -0.15) is 0 Å². The highest BCUT2D eigenvalue weighted by Gasteiger charge is 2.31. The fourth-order valence-corrected chi connectivity index (χ4v) is 5.06. The predicted octanol–water partition coefficient (Wildman–Crippen LogP) is 5.70. The van der Waals surface area contributed by atoms with Crippen molar-refractivity contribution in [1.82, 2.24) is 14.8 Å². The summed E-state index contributed by atoms with van der Waals surface area (Å²) in [5.74, 6) is 0.177. The first-order chi connectivity index (χ1) is 18.3. The number of hydrogen-bond acceptors (Lipinski definition) is 3. The van der Waals surface area contributed by atoms with Crippen molar-refractivity contribution in [3.05, 3.63) is 71.4 Å². The zero-order valence-electron chi connectivity index (χ0n) is 23.5. The van der Waals surface area contributed by atoms with E-state index in [4.69, 9.17) is 4.74 Å². The molecule has 204 valence electrons. The molecule has 1 N–H and O–H groups in total. The molecule has 38 heavy (non-hydrogen) atoms. The van der Waals surface area contributed by atoms with Crippen molar-refractivity contribution < 1.29 is 14.3 Å². The number of ether oxygens (including phenoxy) is 1. The van der Waals surface area contributed by atoms with Crippen molar-refractivity contribution in [1.29, 1.82) is 0 Å². The quantitative estimate of drug-likeness (QED) is 0.313. The maximum atomic E-state index is 13.8. The molecule has 4 rings (SSSR count). The van der Waals surface area contributed by atoms with Gasteiger partial charge in [-0.1, -0.05) is 69.7 Å². The summed E-state index contributed by atoms with van der Waals surface area (Å²) in [6.07, 6.45) is 6.47. The highest BCUT2D eigenvalue weighted by molar-refractivity contribution is 5.86. The second kappa shape index (κ2) is 12.6. The lowest BCUT2D eigenvalue weighted by Crippen LogP contribution is -2.46. The highest BCUT2D eigenvalue weighted by atomic mass is 16.5. The molecule has 0 spiro atoms. The van der Waals surface area contributed by atoms with Crippen LogP contribution in [0.3, 0.4) is 0 Å². The topological polar surface area (TPSA) is 65.6 Å². The van der Waals surface area contributed by atoms with Gasteiger partial charge in [-0.05, 0) is 53.9 Å². The van der Waals surface area contributed by atoms with Crippen LogP contribution in [-0.4, -0.2) is 59.9 Å². The molecular formula is C32H43N3O3. The summed E-state index contributed by atoms with van der Waals surface area (Å²) in [6.45, 7) is 8.97. The van der Waals surface area contributed by atoms with Crippen molar-refractivity contribution in [3.8, 4) is 0 Å². The standard InChI is InChI=1S/C32H43N3O3/c1-32(2,3)27-15-13-24(14-16-27)22-34(19-17-26-21-33-29-12-6-5-11-28(26)29)30(36)23-35(18-8-20-38-4)31(37)25-9-7-10-25/h5-6,11-16,21,25,33H,7-10,17-20,22-23H2,1-4H3. The van der Waals surface area contributed by atoms with Gasteiger partial charge in [0.05, 0.1) is 6.54 Å². The van der Waals surface area contributed by atoms with Crippen LogP contribution >= 0.6 is 0 Å². The minimum atomic E-state index is -0.00479. The molecule has 1 fully saturated rings. The molecule has 0 saturated heterocycles. The van der Waals surface area contributed by atoms with Gasteiger partial charge in [0, 0.05) is 56.4 Å². The minimum Gasteiger partial charge on any atom is -0.385 e. The van der Waals surface area contributed by atoms with Crippen LogP contribution in [0.2, 0.25) is 0 Å². The number of H-pyrrole nitrogens is 1. The zero-order valence-corrected chi connectivity index (χ0v) is 23.5. The van der Waals surface area contributed by atoms with E-state index >= 15 is 0 Å². The van der Waals surface area contributed by atoms with Gasteiger partial charge in [0.15, 0.2) is 0 Å². The summed E-state index contributed by atoms with van der Waals surface area (Å²) >= 11 is 0. The van der Waals surface area contributed by atoms with E-state index < -0.39 is 0 Å². The number of aromatic amines is 1. The molecule has 1 saturated carbocycles. The Morgan fingerprint density at radius 1 is 1.00 bits per heavy atom. The number of amides is 2. The highest BCUT2D eigenvalue weighted by Crippen LogP contribution is 2.28. The number of nitrogens with one attached hydrogen (secondary N) is 1. The number of fused-ring (bicyclic) bond motifs is 1. The summed E-state index contributed by atoms with van der Waals surface area (Å²) in [5, 5.41) is 1.19. The van der Waals surface area contributed by atoms with E-state index in [1.54, 1.807) is 12.0 Å².